The number of anilines is 2. The van der Waals surface area contributed by atoms with Crippen LogP contribution in [0.2, 0.25) is 0 Å². The van der Waals surface area contributed by atoms with E-state index in [0.29, 0.717) is 22.9 Å². The molecule has 8 heteroatoms. The molecule has 0 radical (unpaired) electrons. The maximum absolute atomic E-state index is 12.3. The predicted molar refractivity (Wildman–Crippen MR) is 92.2 cm³/mol. The van der Waals surface area contributed by atoms with E-state index in [1.807, 2.05) is 0 Å². The third-order valence-corrected chi connectivity index (χ3v) is 3.45. The summed E-state index contributed by atoms with van der Waals surface area (Å²) in [5, 5.41) is 6.82. The summed E-state index contributed by atoms with van der Waals surface area (Å²) in [5.41, 5.74) is 6.03. The van der Waals surface area contributed by atoms with Gasteiger partial charge in [0.2, 0.25) is 5.91 Å². The molecule has 2 aromatic heterocycles. The lowest BCUT2D eigenvalue weighted by Gasteiger charge is -2.11. The molecule has 25 heavy (non-hydrogen) atoms. The Morgan fingerprint density at radius 1 is 1.32 bits per heavy atom. The number of aromatic nitrogens is 2. The van der Waals surface area contributed by atoms with E-state index in [0.717, 1.165) is 4.68 Å². The number of nitrogens with two attached hydrogens (primary N) is 1. The van der Waals surface area contributed by atoms with Crippen LogP contribution in [-0.2, 0) is 11.3 Å². The highest BCUT2D eigenvalue weighted by Crippen LogP contribution is 2.23. The first-order valence-corrected chi connectivity index (χ1v) is 7.43. The molecule has 1 amide bonds. The van der Waals surface area contributed by atoms with Crippen LogP contribution in [0.15, 0.2) is 57.9 Å². The number of para-hydroxylation sites is 2. The van der Waals surface area contributed by atoms with Gasteiger partial charge in [-0.3, -0.25) is 9.59 Å². The van der Waals surface area contributed by atoms with E-state index in [2.05, 4.69) is 10.4 Å². The van der Waals surface area contributed by atoms with Gasteiger partial charge in [0.1, 0.15) is 23.7 Å². The fourth-order valence-electron chi connectivity index (χ4n) is 2.29. The first-order chi connectivity index (χ1) is 12.1. The van der Waals surface area contributed by atoms with Gasteiger partial charge in [0.25, 0.3) is 5.56 Å². The summed E-state index contributed by atoms with van der Waals surface area (Å²) >= 11 is 0. The van der Waals surface area contributed by atoms with Crippen molar-refractivity contribution in [1.82, 2.24) is 9.78 Å². The lowest BCUT2D eigenvalue weighted by Crippen LogP contribution is -2.31. The summed E-state index contributed by atoms with van der Waals surface area (Å²) in [6.07, 6.45) is 1.48. The molecule has 0 aliphatic carbocycles. The van der Waals surface area contributed by atoms with Gasteiger partial charge in [0, 0.05) is 0 Å². The van der Waals surface area contributed by atoms with Gasteiger partial charge in [0.05, 0.1) is 19.1 Å². The molecule has 0 unspecified atom stereocenters. The second-order valence-electron chi connectivity index (χ2n) is 5.17. The van der Waals surface area contributed by atoms with Crippen molar-refractivity contribution in [3.8, 4) is 17.2 Å². The minimum atomic E-state index is -0.550. The molecule has 3 aromatic rings. The molecule has 0 saturated carbocycles. The molecule has 128 valence electrons. The second kappa shape index (κ2) is 6.91. The van der Waals surface area contributed by atoms with Gasteiger partial charge in [-0.25, -0.2) is 4.68 Å². The minimum absolute atomic E-state index is 0.0218. The summed E-state index contributed by atoms with van der Waals surface area (Å²) in [4.78, 5) is 24.4. The molecule has 1 aromatic carbocycles. The molecule has 3 N–H and O–H groups in total. The fourth-order valence-corrected chi connectivity index (χ4v) is 2.29. The number of rotatable bonds is 5. The van der Waals surface area contributed by atoms with Crippen LogP contribution in [0.25, 0.3) is 11.5 Å². The van der Waals surface area contributed by atoms with Crippen LogP contribution in [0.1, 0.15) is 0 Å². The lowest BCUT2D eigenvalue weighted by molar-refractivity contribution is -0.117. The quantitative estimate of drug-likeness (QED) is 0.731. The van der Waals surface area contributed by atoms with Crippen molar-refractivity contribution in [1.29, 1.82) is 0 Å². The summed E-state index contributed by atoms with van der Waals surface area (Å²) in [7, 11) is 1.50. The number of ether oxygens (including phenoxy) is 1. The Bertz CT molecular complexity index is 948. The Morgan fingerprint density at radius 2 is 2.12 bits per heavy atom. The van der Waals surface area contributed by atoms with Gasteiger partial charge in [-0.05, 0) is 30.3 Å². The number of hydrogen-bond acceptors (Lipinski definition) is 6. The first kappa shape index (κ1) is 16.3. The molecule has 0 aliphatic rings. The van der Waals surface area contributed by atoms with Crippen molar-refractivity contribution in [2.24, 2.45) is 0 Å². The van der Waals surface area contributed by atoms with Gasteiger partial charge in [-0.2, -0.15) is 5.10 Å². The van der Waals surface area contributed by atoms with Crippen LogP contribution in [0, 0.1) is 0 Å². The Labute approximate surface area is 142 Å². The van der Waals surface area contributed by atoms with E-state index < -0.39 is 11.5 Å². The molecule has 2 heterocycles. The average Bonchev–Trinajstić information content (AvgIpc) is 3.14. The number of carbonyl (C=O) groups is 1. The van der Waals surface area contributed by atoms with Crippen LogP contribution in [0.4, 0.5) is 11.4 Å². The molecule has 8 nitrogen and oxygen atoms in total. The van der Waals surface area contributed by atoms with Crippen LogP contribution in [0.5, 0.6) is 5.75 Å². The van der Waals surface area contributed by atoms with Crippen molar-refractivity contribution in [2.45, 2.75) is 6.54 Å². The van der Waals surface area contributed by atoms with Crippen molar-refractivity contribution in [3.63, 3.8) is 0 Å². The topological polar surface area (TPSA) is 112 Å². The highest BCUT2D eigenvalue weighted by molar-refractivity contribution is 5.92. The van der Waals surface area contributed by atoms with E-state index in [1.54, 1.807) is 36.4 Å². The highest BCUT2D eigenvalue weighted by Gasteiger charge is 2.13. The van der Waals surface area contributed by atoms with Crippen molar-refractivity contribution in [3.05, 3.63) is 59.1 Å². The lowest BCUT2D eigenvalue weighted by atomic mass is 10.3. The smallest absolute Gasteiger partial charge is 0.290 e. The van der Waals surface area contributed by atoms with E-state index in [9.17, 15) is 9.59 Å². The van der Waals surface area contributed by atoms with Crippen LogP contribution in [0.3, 0.4) is 0 Å². The Balaban J connectivity index is 1.85. The summed E-state index contributed by atoms with van der Waals surface area (Å²) in [6, 6.07) is 11.8. The summed E-state index contributed by atoms with van der Waals surface area (Å²) in [5.74, 6) is 0.528. The van der Waals surface area contributed by atoms with Crippen LogP contribution in [-0.4, -0.2) is 22.8 Å². The zero-order valence-corrected chi connectivity index (χ0v) is 13.4. The molecule has 0 fully saturated rings. The zero-order valence-electron chi connectivity index (χ0n) is 13.4. The third-order valence-electron chi connectivity index (χ3n) is 3.45. The Hall–Kier alpha value is -3.55. The minimum Gasteiger partial charge on any atom is -0.495 e. The monoisotopic (exact) mass is 340 g/mol. The van der Waals surface area contributed by atoms with Crippen molar-refractivity contribution in [2.75, 3.05) is 18.2 Å². The number of methoxy groups -OCH3 is 1. The summed E-state index contributed by atoms with van der Waals surface area (Å²) in [6.45, 7) is -0.296. The van der Waals surface area contributed by atoms with Gasteiger partial charge < -0.3 is 20.2 Å². The Kier molecular flexibility index (Phi) is 4.51. The second-order valence-corrected chi connectivity index (χ2v) is 5.17. The number of furan rings is 1. The molecule has 3 rings (SSSR count). The molecule has 0 saturated heterocycles. The van der Waals surface area contributed by atoms with Crippen LogP contribution >= 0.6 is 0 Å². The first-order valence-electron chi connectivity index (χ1n) is 7.43. The maximum Gasteiger partial charge on any atom is 0.290 e. The molecule has 0 bridgehead atoms. The third kappa shape index (κ3) is 3.52. The summed E-state index contributed by atoms with van der Waals surface area (Å²) < 4.78 is 11.4. The molecule has 0 spiro atoms. The number of benzene rings is 1. The fraction of sp³-hybridized carbons (Fsp3) is 0.118. The van der Waals surface area contributed by atoms with Gasteiger partial charge in [-0.1, -0.05) is 12.1 Å². The largest absolute Gasteiger partial charge is 0.495 e. The van der Waals surface area contributed by atoms with E-state index in [1.165, 1.54) is 19.4 Å². The van der Waals surface area contributed by atoms with Gasteiger partial charge >= 0.3 is 0 Å². The van der Waals surface area contributed by atoms with Gasteiger partial charge in [-0.15, -0.1) is 0 Å². The standard InChI is InChI=1S/C17H16N4O4/c1-24-14-6-3-2-5-12(14)19-16(22)10-21-17(23)11(18)9-13(20-21)15-7-4-8-25-15/h2-9H,10,18H2,1H3,(H,19,22). The Morgan fingerprint density at radius 3 is 2.84 bits per heavy atom. The molecule has 0 atom stereocenters. The normalized spacial score (nSPS) is 10.4. The van der Waals surface area contributed by atoms with E-state index in [-0.39, 0.29) is 12.2 Å². The predicted octanol–water partition coefficient (Wildman–Crippen LogP) is 1.73. The van der Waals surface area contributed by atoms with Crippen molar-refractivity contribution < 1.29 is 13.9 Å². The number of nitrogen functional groups attached to an aromatic ring is 1. The zero-order chi connectivity index (χ0) is 17.8. The van der Waals surface area contributed by atoms with Crippen LogP contribution < -0.4 is 21.3 Å². The number of carbonyl (C=O) groups excluding carboxylic acids is 1. The number of nitrogens with zero attached hydrogens (tertiary/aromatic N) is 2. The molecular formula is C17H16N4O4. The number of nitrogens with one attached hydrogen (secondary N) is 1. The molecule has 0 aliphatic heterocycles. The van der Waals surface area contributed by atoms with E-state index in [4.69, 9.17) is 14.9 Å². The molecular weight excluding hydrogens is 324 g/mol. The number of amides is 1. The van der Waals surface area contributed by atoms with Crippen molar-refractivity contribution >= 4 is 17.3 Å². The SMILES string of the molecule is COc1ccccc1NC(=O)Cn1nc(-c2ccco2)cc(N)c1=O. The van der Waals surface area contributed by atoms with Gasteiger partial charge in [0.15, 0.2) is 5.76 Å². The van der Waals surface area contributed by atoms with E-state index >= 15 is 0 Å². The highest BCUT2D eigenvalue weighted by atomic mass is 16.5. The number of hydrogen-bond donors (Lipinski definition) is 2. The average molecular weight is 340 g/mol. The maximum atomic E-state index is 12.3.